The van der Waals surface area contributed by atoms with E-state index in [1.807, 2.05) is 0 Å². The fourth-order valence-corrected chi connectivity index (χ4v) is 2.79. The zero-order valence-corrected chi connectivity index (χ0v) is 14.5. The molecule has 0 saturated heterocycles. The average molecular weight is 387 g/mol. The summed E-state index contributed by atoms with van der Waals surface area (Å²) in [5.41, 5.74) is 6.07. The van der Waals surface area contributed by atoms with Crippen LogP contribution in [0.1, 0.15) is 0 Å². The maximum atomic E-state index is 14.7. The maximum Gasteiger partial charge on any atom is 0.368 e. The molecule has 1 aliphatic heterocycles. The first-order chi connectivity index (χ1) is 13.6. The van der Waals surface area contributed by atoms with Crippen LogP contribution in [-0.2, 0) is 6.54 Å². The first-order valence-electron chi connectivity index (χ1n) is 8.31. The second-order valence-corrected chi connectivity index (χ2v) is 6.04. The number of hydrogen-bond acceptors (Lipinski definition) is 6. The monoisotopic (exact) mass is 387 g/mol. The number of nitrogens with zero attached hydrogens (tertiary/aromatic N) is 4. The van der Waals surface area contributed by atoms with Crippen molar-refractivity contribution in [1.82, 2.24) is 19.8 Å². The lowest BCUT2D eigenvalue weighted by Gasteiger charge is -2.06. The Hall–Kier alpha value is -3.53. The van der Waals surface area contributed by atoms with Gasteiger partial charge >= 0.3 is 5.69 Å². The van der Waals surface area contributed by atoms with Crippen molar-refractivity contribution in [3.05, 3.63) is 64.6 Å². The number of nitrogens with two attached hydrogens (primary N) is 1. The Kier molecular flexibility index (Phi) is 4.62. The Labute approximate surface area is 157 Å². The number of aromatic nitrogens is 4. The van der Waals surface area contributed by atoms with Crippen LogP contribution in [0.5, 0.6) is 11.5 Å². The number of ether oxygens (including phenoxy) is 2. The van der Waals surface area contributed by atoms with Crippen molar-refractivity contribution in [3.8, 4) is 28.3 Å². The minimum Gasteiger partial charge on any atom is -0.454 e. The van der Waals surface area contributed by atoms with Crippen LogP contribution in [0, 0.1) is 5.82 Å². The zero-order chi connectivity index (χ0) is 19.7. The molecule has 0 spiro atoms. The van der Waals surface area contributed by atoms with Gasteiger partial charge in [-0.1, -0.05) is 12.1 Å². The summed E-state index contributed by atoms with van der Waals surface area (Å²) in [7, 11) is 0. The summed E-state index contributed by atoms with van der Waals surface area (Å²) >= 11 is 0. The molecule has 2 aromatic carbocycles. The Morgan fingerprint density at radius 2 is 1.89 bits per heavy atom. The fraction of sp³-hybridized carbons (Fsp3) is 0.167. The topological polar surface area (TPSA) is 97.2 Å². The summed E-state index contributed by atoms with van der Waals surface area (Å²) in [6.45, 7) is -0.0920. The zero-order valence-electron chi connectivity index (χ0n) is 14.5. The van der Waals surface area contributed by atoms with E-state index in [9.17, 15) is 13.6 Å². The highest BCUT2D eigenvalue weighted by atomic mass is 19.1. The van der Waals surface area contributed by atoms with E-state index in [2.05, 4.69) is 10.4 Å². The van der Waals surface area contributed by atoms with Gasteiger partial charge < -0.3 is 15.2 Å². The molecule has 2 N–H and O–H groups in total. The molecule has 0 atom stereocenters. The number of rotatable bonds is 5. The quantitative estimate of drug-likeness (QED) is 0.717. The number of benzene rings is 2. The minimum atomic E-state index is -0.706. The number of fused-ring (bicyclic) bond motifs is 1. The van der Waals surface area contributed by atoms with Crippen LogP contribution in [0.15, 0.2) is 53.1 Å². The molecule has 1 aliphatic rings. The molecule has 0 amide bonds. The van der Waals surface area contributed by atoms with E-state index in [4.69, 9.17) is 15.2 Å². The SMILES string of the molecule is NC/C(=C\F)Cn1nnn(-c2ccc(-c3ccc4c(c3)OCO4)cc2F)c1=O. The van der Waals surface area contributed by atoms with Gasteiger partial charge in [-0.25, -0.2) is 13.6 Å². The third kappa shape index (κ3) is 3.14. The van der Waals surface area contributed by atoms with Gasteiger partial charge in [0, 0.05) is 6.54 Å². The Bertz CT molecular complexity index is 1120. The van der Waals surface area contributed by atoms with Crippen molar-refractivity contribution >= 4 is 0 Å². The third-order valence-corrected chi connectivity index (χ3v) is 4.29. The van der Waals surface area contributed by atoms with Gasteiger partial charge in [-0.3, -0.25) is 0 Å². The maximum absolute atomic E-state index is 14.7. The van der Waals surface area contributed by atoms with Crippen LogP contribution >= 0.6 is 0 Å². The van der Waals surface area contributed by atoms with E-state index in [1.165, 1.54) is 12.1 Å². The molecule has 1 aromatic heterocycles. The summed E-state index contributed by atoms with van der Waals surface area (Å²) in [6, 6.07) is 9.62. The summed E-state index contributed by atoms with van der Waals surface area (Å²) in [6.07, 6.45) is 0.312. The van der Waals surface area contributed by atoms with Crippen LogP contribution < -0.4 is 20.9 Å². The first kappa shape index (κ1) is 17.9. The molecule has 28 heavy (non-hydrogen) atoms. The van der Waals surface area contributed by atoms with Crippen molar-refractivity contribution < 1.29 is 18.3 Å². The molecule has 10 heteroatoms. The second-order valence-electron chi connectivity index (χ2n) is 6.04. The largest absolute Gasteiger partial charge is 0.454 e. The Balaban J connectivity index is 1.66. The van der Waals surface area contributed by atoms with Crippen LogP contribution in [-0.4, -0.2) is 33.1 Å². The van der Waals surface area contributed by atoms with Crippen molar-refractivity contribution in [2.75, 3.05) is 13.3 Å². The van der Waals surface area contributed by atoms with Crippen molar-refractivity contribution in [1.29, 1.82) is 0 Å². The van der Waals surface area contributed by atoms with Crippen LogP contribution in [0.3, 0.4) is 0 Å². The van der Waals surface area contributed by atoms with E-state index in [-0.39, 0.29) is 31.1 Å². The summed E-state index contributed by atoms with van der Waals surface area (Å²) in [5, 5.41) is 7.31. The highest BCUT2D eigenvalue weighted by molar-refractivity contribution is 5.68. The Morgan fingerprint density at radius 3 is 2.64 bits per heavy atom. The van der Waals surface area contributed by atoms with E-state index in [1.54, 1.807) is 24.3 Å². The number of hydrogen-bond donors (Lipinski definition) is 1. The van der Waals surface area contributed by atoms with Gasteiger partial charge in [0.25, 0.3) is 0 Å². The van der Waals surface area contributed by atoms with Gasteiger partial charge in [0.1, 0.15) is 11.5 Å². The molecule has 4 rings (SSSR count). The second kappa shape index (κ2) is 7.24. The van der Waals surface area contributed by atoms with Crippen LogP contribution in [0.25, 0.3) is 16.8 Å². The molecule has 0 radical (unpaired) electrons. The smallest absolute Gasteiger partial charge is 0.368 e. The normalized spacial score (nSPS) is 13.2. The first-order valence-corrected chi connectivity index (χ1v) is 8.31. The van der Waals surface area contributed by atoms with E-state index in [0.29, 0.717) is 23.4 Å². The molecule has 144 valence electrons. The molecule has 0 aliphatic carbocycles. The van der Waals surface area contributed by atoms with Gasteiger partial charge in [-0.2, -0.15) is 9.36 Å². The van der Waals surface area contributed by atoms with Gasteiger partial charge in [0.2, 0.25) is 6.79 Å². The molecule has 2 heterocycles. The van der Waals surface area contributed by atoms with Crippen LogP contribution in [0.2, 0.25) is 0 Å². The lowest BCUT2D eigenvalue weighted by atomic mass is 10.0. The molecule has 0 saturated carbocycles. The number of halogens is 2. The van der Waals surface area contributed by atoms with Crippen molar-refractivity contribution in [2.45, 2.75) is 6.54 Å². The van der Waals surface area contributed by atoms with Gasteiger partial charge in [0.05, 0.1) is 12.9 Å². The third-order valence-electron chi connectivity index (χ3n) is 4.29. The van der Waals surface area contributed by atoms with Gasteiger partial charge in [-0.05, 0) is 51.4 Å². The van der Waals surface area contributed by atoms with Gasteiger partial charge in [-0.15, -0.1) is 0 Å². The minimum absolute atomic E-state index is 0.0701. The molecule has 0 bridgehead atoms. The van der Waals surface area contributed by atoms with E-state index < -0.39 is 11.5 Å². The molecule has 0 fully saturated rings. The molecular weight excluding hydrogens is 372 g/mol. The summed E-state index contributed by atoms with van der Waals surface area (Å²) < 4.78 is 39.7. The summed E-state index contributed by atoms with van der Waals surface area (Å²) in [5.74, 6) is 0.547. The Morgan fingerprint density at radius 1 is 1.14 bits per heavy atom. The lowest BCUT2D eigenvalue weighted by Crippen LogP contribution is -2.26. The molecule has 3 aromatic rings. The van der Waals surface area contributed by atoms with E-state index >= 15 is 0 Å². The lowest BCUT2D eigenvalue weighted by molar-refractivity contribution is 0.174. The van der Waals surface area contributed by atoms with Crippen molar-refractivity contribution in [3.63, 3.8) is 0 Å². The predicted octanol–water partition coefficient (Wildman–Crippen LogP) is 1.78. The highest BCUT2D eigenvalue weighted by Gasteiger charge is 2.17. The van der Waals surface area contributed by atoms with Gasteiger partial charge in [0.15, 0.2) is 11.5 Å². The molecule has 8 nitrogen and oxygen atoms in total. The van der Waals surface area contributed by atoms with E-state index in [0.717, 1.165) is 14.9 Å². The van der Waals surface area contributed by atoms with Crippen molar-refractivity contribution in [2.24, 2.45) is 5.73 Å². The molecule has 0 unspecified atom stereocenters. The standard InChI is InChI=1S/C18H15F2N5O3/c19-7-11(8-21)9-24-18(26)25(23-22-24)15-3-1-12(5-14(15)20)13-2-4-16-17(6-13)28-10-27-16/h1-7H,8-10,21H2/b11-7+. The predicted molar refractivity (Wildman–Crippen MR) is 95.4 cm³/mol. The fourth-order valence-electron chi connectivity index (χ4n) is 2.79. The molecular formula is C18H15F2N5O3. The average Bonchev–Trinajstić information content (AvgIpc) is 3.32. The highest BCUT2D eigenvalue weighted by Crippen LogP contribution is 2.36. The number of tetrazole rings is 1. The van der Waals surface area contributed by atoms with Crippen LogP contribution in [0.4, 0.5) is 8.78 Å². The summed E-state index contributed by atoms with van der Waals surface area (Å²) in [4.78, 5) is 12.4.